The summed E-state index contributed by atoms with van der Waals surface area (Å²) in [5.74, 6) is -1.15. The van der Waals surface area contributed by atoms with Crippen molar-refractivity contribution in [1.82, 2.24) is 0 Å². The molecule has 0 spiro atoms. The Morgan fingerprint density at radius 2 is 1.95 bits per heavy atom. The predicted octanol–water partition coefficient (Wildman–Crippen LogP) is 2.39. The number of hydrogen-bond donors (Lipinski definition) is 1. The van der Waals surface area contributed by atoms with E-state index in [4.69, 9.17) is 16.3 Å². The van der Waals surface area contributed by atoms with Gasteiger partial charge in [-0.05, 0) is 32.0 Å². The summed E-state index contributed by atoms with van der Waals surface area (Å²) in [7, 11) is 0. The van der Waals surface area contributed by atoms with Crippen LogP contribution in [0.3, 0.4) is 0 Å². The summed E-state index contributed by atoms with van der Waals surface area (Å²) in [6.45, 7) is 3.90. The van der Waals surface area contributed by atoms with E-state index < -0.39 is 11.9 Å². The molecule has 1 rings (SSSR count). The molecule has 0 unspecified atom stereocenters. The maximum atomic E-state index is 11.5. The van der Waals surface area contributed by atoms with Crippen molar-refractivity contribution >= 4 is 34.4 Å². The fourth-order valence-corrected chi connectivity index (χ4v) is 1.38. The molecule has 1 aromatic rings. The summed E-state index contributed by atoms with van der Waals surface area (Å²) in [5.41, 5.74) is 3.44. The molecule has 1 N–H and O–H groups in total. The second kappa shape index (κ2) is 8.16. The Balaban J connectivity index is 2.74. The number of nitrogens with zero attached hydrogens (tertiary/aromatic N) is 1. The van der Waals surface area contributed by atoms with Gasteiger partial charge in [0.15, 0.2) is 0 Å². The highest BCUT2D eigenvalue weighted by molar-refractivity contribution is 6.82. The lowest BCUT2D eigenvalue weighted by Crippen LogP contribution is -2.13. The van der Waals surface area contributed by atoms with Gasteiger partial charge in [-0.2, -0.15) is 5.10 Å². The lowest BCUT2D eigenvalue weighted by atomic mass is 10.2. The van der Waals surface area contributed by atoms with Crippen molar-refractivity contribution in [3.63, 3.8) is 0 Å². The van der Waals surface area contributed by atoms with Gasteiger partial charge in [0.2, 0.25) is 5.17 Å². The third kappa shape index (κ3) is 4.89. The van der Waals surface area contributed by atoms with Crippen LogP contribution in [0.4, 0.5) is 5.69 Å². The van der Waals surface area contributed by atoms with Gasteiger partial charge >= 0.3 is 11.9 Å². The summed E-state index contributed by atoms with van der Waals surface area (Å²) in [5, 5.41) is 3.34. The summed E-state index contributed by atoms with van der Waals surface area (Å²) in [6, 6.07) is 6.47. The van der Waals surface area contributed by atoms with Gasteiger partial charge in [0.05, 0.1) is 24.5 Å². The fraction of sp³-hybridized carbons (Fsp3) is 0.308. The van der Waals surface area contributed by atoms with Crippen molar-refractivity contribution in [3.05, 3.63) is 29.8 Å². The quantitative estimate of drug-likeness (QED) is 0.496. The minimum atomic E-state index is -0.719. The highest BCUT2D eigenvalue weighted by Gasteiger charge is 2.10. The van der Waals surface area contributed by atoms with Crippen molar-refractivity contribution in [2.75, 3.05) is 18.6 Å². The Morgan fingerprint density at radius 3 is 2.60 bits per heavy atom. The molecule has 0 aliphatic carbocycles. The maximum Gasteiger partial charge on any atom is 0.370 e. The zero-order chi connectivity index (χ0) is 15.0. The average molecular weight is 299 g/mol. The van der Waals surface area contributed by atoms with Gasteiger partial charge in [-0.15, -0.1) is 0 Å². The Labute approximate surface area is 121 Å². The second-order valence-corrected chi connectivity index (χ2v) is 3.89. The standard InChI is InChI=1S/C13H15ClN2O4/c1-3-19-12(17)9-6-5-7-10(8-9)15-16-11(14)13(18)20-4-2/h5-8,15H,3-4H2,1-2H3/b16-11+. The van der Waals surface area contributed by atoms with Crippen LogP contribution in [0.1, 0.15) is 24.2 Å². The van der Waals surface area contributed by atoms with Crippen molar-refractivity contribution in [1.29, 1.82) is 0 Å². The molecule has 0 amide bonds. The number of anilines is 1. The summed E-state index contributed by atoms with van der Waals surface area (Å²) in [4.78, 5) is 22.8. The number of ether oxygens (including phenoxy) is 2. The van der Waals surface area contributed by atoms with Gasteiger partial charge < -0.3 is 9.47 Å². The highest BCUT2D eigenvalue weighted by atomic mass is 35.5. The van der Waals surface area contributed by atoms with Gasteiger partial charge in [0.25, 0.3) is 0 Å². The van der Waals surface area contributed by atoms with E-state index in [0.717, 1.165) is 0 Å². The molecule has 6 nitrogen and oxygen atoms in total. The zero-order valence-electron chi connectivity index (χ0n) is 11.2. The number of nitrogens with one attached hydrogen (secondary N) is 1. The zero-order valence-corrected chi connectivity index (χ0v) is 11.9. The molecule has 0 atom stereocenters. The normalized spacial score (nSPS) is 10.8. The number of carbonyl (C=O) groups excluding carboxylic acids is 2. The number of benzene rings is 1. The molecule has 0 heterocycles. The largest absolute Gasteiger partial charge is 0.462 e. The number of hydrazone groups is 1. The molecule has 0 saturated carbocycles. The average Bonchev–Trinajstić information content (AvgIpc) is 2.45. The van der Waals surface area contributed by atoms with Gasteiger partial charge in [-0.1, -0.05) is 17.7 Å². The van der Waals surface area contributed by atoms with Gasteiger partial charge in [-0.25, -0.2) is 9.59 Å². The van der Waals surface area contributed by atoms with E-state index in [1.54, 1.807) is 32.0 Å². The van der Waals surface area contributed by atoms with E-state index in [9.17, 15) is 9.59 Å². The predicted molar refractivity (Wildman–Crippen MR) is 75.9 cm³/mol. The molecule has 0 fully saturated rings. The molecule has 0 radical (unpaired) electrons. The number of halogens is 1. The highest BCUT2D eigenvalue weighted by Crippen LogP contribution is 2.12. The Morgan fingerprint density at radius 1 is 1.25 bits per heavy atom. The summed E-state index contributed by atoms with van der Waals surface area (Å²) < 4.78 is 9.55. The smallest absolute Gasteiger partial charge is 0.370 e. The number of rotatable bonds is 6. The van der Waals surface area contributed by atoms with Gasteiger partial charge in [-0.3, -0.25) is 5.43 Å². The molecule has 1 aromatic carbocycles. The molecule has 20 heavy (non-hydrogen) atoms. The van der Waals surface area contributed by atoms with Crippen molar-refractivity contribution in [2.24, 2.45) is 5.10 Å². The third-order valence-corrected chi connectivity index (χ3v) is 2.34. The lowest BCUT2D eigenvalue weighted by molar-refractivity contribution is -0.134. The fourth-order valence-electron chi connectivity index (χ4n) is 1.28. The van der Waals surface area contributed by atoms with Crippen molar-refractivity contribution < 1.29 is 19.1 Å². The molecule has 0 aliphatic rings. The first kappa shape index (κ1) is 16.0. The van der Waals surface area contributed by atoms with Crippen LogP contribution in [-0.2, 0) is 14.3 Å². The lowest BCUT2D eigenvalue weighted by Gasteiger charge is -2.05. The molecular weight excluding hydrogens is 284 g/mol. The number of esters is 2. The number of hydrogen-bond acceptors (Lipinski definition) is 6. The third-order valence-electron chi connectivity index (χ3n) is 2.10. The Kier molecular flexibility index (Phi) is 6.52. The van der Waals surface area contributed by atoms with E-state index in [1.807, 2.05) is 0 Å². The van der Waals surface area contributed by atoms with E-state index >= 15 is 0 Å². The first-order valence-electron chi connectivity index (χ1n) is 6.02. The maximum absolute atomic E-state index is 11.5. The topological polar surface area (TPSA) is 77.0 Å². The van der Waals surface area contributed by atoms with E-state index in [1.165, 1.54) is 6.07 Å². The molecule has 0 aliphatic heterocycles. The van der Waals surface area contributed by atoms with Gasteiger partial charge in [0.1, 0.15) is 0 Å². The van der Waals surface area contributed by atoms with Crippen molar-refractivity contribution in [3.8, 4) is 0 Å². The summed E-state index contributed by atoms with van der Waals surface area (Å²) >= 11 is 5.63. The SMILES string of the molecule is CCOC(=O)/C(Cl)=N\Nc1cccc(C(=O)OCC)c1. The van der Waals surface area contributed by atoms with Crippen LogP contribution in [0.5, 0.6) is 0 Å². The molecular formula is C13H15ClN2O4. The van der Waals surface area contributed by atoms with Crippen LogP contribution >= 0.6 is 11.6 Å². The molecule has 0 bridgehead atoms. The monoisotopic (exact) mass is 298 g/mol. The minimum Gasteiger partial charge on any atom is -0.462 e. The van der Waals surface area contributed by atoms with Gasteiger partial charge in [0, 0.05) is 0 Å². The van der Waals surface area contributed by atoms with E-state index in [2.05, 4.69) is 15.3 Å². The Hall–Kier alpha value is -2.08. The van der Waals surface area contributed by atoms with Crippen LogP contribution in [0, 0.1) is 0 Å². The van der Waals surface area contributed by atoms with Crippen LogP contribution in [0.2, 0.25) is 0 Å². The van der Waals surface area contributed by atoms with Crippen molar-refractivity contribution in [2.45, 2.75) is 13.8 Å². The Bertz CT molecular complexity index is 517. The van der Waals surface area contributed by atoms with Crippen LogP contribution in [0.15, 0.2) is 29.4 Å². The molecule has 7 heteroatoms. The molecule has 108 valence electrons. The molecule has 0 aromatic heterocycles. The minimum absolute atomic E-state index is 0.211. The molecule has 0 saturated heterocycles. The summed E-state index contributed by atoms with van der Waals surface area (Å²) in [6.07, 6.45) is 0. The first-order valence-corrected chi connectivity index (χ1v) is 6.39. The number of carbonyl (C=O) groups is 2. The van der Waals surface area contributed by atoms with Crippen LogP contribution < -0.4 is 5.43 Å². The van der Waals surface area contributed by atoms with E-state index in [-0.39, 0.29) is 11.8 Å². The van der Waals surface area contributed by atoms with E-state index in [0.29, 0.717) is 17.9 Å². The second-order valence-electron chi connectivity index (χ2n) is 3.54. The van der Waals surface area contributed by atoms with Crippen LogP contribution in [-0.4, -0.2) is 30.3 Å². The van der Waals surface area contributed by atoms with Crippen LogP contribution in [0.25, 0.3) is 0 Å². The first-order chi connectivity index (χ1) is 9.58.